The number of unbranched alkanes of at least 4 members (excludes halogenated alkanes) is 2. The molecule has 0 radical (unpaired) electrons. The van der Waals surface area contributed by atoms with E-state index in [1.165, 1.54) is 24.0 Å². The van der Waals surface area contributed by atoms with Gasteiger partial charge in [0, 0.05) is 12.0 Å². The third-order valence-corrected chi connectivity index (χ3v) is 4.95. The van der Waals surface area contributed by atoms with Crippen LogP contribution in [0.2, 0.25) is 0 Å². The average Bonchev–Trinajstić information content (AvgIpc) is 2.77. The number of Topliss-reactive ketones (excluding diaryl/α,β-unsaturated/α-hetero) is 1. The molecular formula is C26H28O2. The molecule has 0 bridgehead atoms. The predicted octanol–water partition coefficient (Wildman–Crippen LogP) is 7.18. The highest BCUT2D eigenvalue weighted by atomic mass is 16.5. The number of hydrogen-bond donors (Lipinski definition) is 0. The van der Waals surface area contributed by atoms with Crippen molar-refractivity contribution in [3.05, 3.63) is 78.4 Å². The fourth-order valence-electron chi connectivity index (χ4n) is 3.19. The summed E-state index contributed by atoms with van der Waals surface area (Å²) in [5.41, 5.74) is 5.40. The van der Waals surface area contributed by atoms with Crippen molar-refractivity contribution in [2.75, 3.05) is 6.61 Å². The summed E-state index contributed by atoms with van der Waals surface area (Å²) in [6.45, 7) is 4.87. The Hall–Kier alpha value is -2.87. The topological polar surface area (TPSA) is 26.3 Å². The molecule has 3 rings (SSSR count). The molecular weight excluding hydrogens is 344 g/mol. The van der Waals surface area contributed by atoms with Gasteiger partial charge in [0.1, 0.15) is 5.75 Å². The minimum atomic E-state index is 0.180. The molecule has 0 aliphatic carbocycles. The zero-order valence-electron chi connectivity index (χ0n) is 16.8. The van der Waals surface area contributed by atoms with Gasteiger partial charge in [0.15, 0.2) is 5.78 Å². The number of carbonyl (C=O) groups excluding carboxylic acids is 1. The van der Waals surface area contributed by atoms with Crippen molar-refractivity contribution < 1.29 is 9.53 Å². The van der Waals surface area contributed by atoms with E-state index < -0.39 is 0 Å². The molecule has 0 amide bonds. The molecule has 0 heterocycles. The summed E-state index contributed by atoms with van der Waals surface area (Å²) >= 11 is 0. The summed E-state index contributed by atoms with van der Waals surface area (Å²) in [4.78, 5) is 11.8. The third-order valence-electron chi connectivity index (χ3n) is 4.95. The number of ketones is 1. The van der Waals surface area contributed by atoms with E-state index in [0.29, 0.717) is 6.42 Å². The van der Waals surface area contributed by atoms with Gasteiger partial charge in [-0.2, -0.15) is 0 Å². The molecule has 0 aliphatic heterocycles. The lowest BCUT2D eigenvalue weighted by atomic mass is 9.99. The molecule has 0 saturated heterocycles. The maximum absolute atomic E-state index is 11.8. The monoisotopic (exact) mass is 372 g/mol. The Kier molecular flexibility index (Phi) is 7.02. The van der Waals surface area contributed by atoms with Crippen molar-refractivity contribution in [3.8, 4) is 28.0 Å². The molecule has 0 saturated carbocycles. The van der Waals surface area contributed by atoms with Crippen molar-refractivity contribution >= 4 is 5.78 Å². The second-order valence-electron chi connectivity index (χ2n) is 7.01. The second kappa shape index (κ2) is 9.89. The molecule has 0 atom stereocenters. The molecule has 0 N–H and O–H groups in total. The van der Waals surface area contributed by atoms with Gasteiger partial charge in [0.25, 0.3) is 0 Å². The number of benzene rings is 3. The van der Waals surface area contributed by atoms with Gasteiger partial charge in [-0.25, -0.2) is 0 Å². The van der Waals surface area contributed by atoms with Crippen molar-refractivity contribution in [1.29, 1.82) is 0 Å². The van der Waals surface area contributed by atoms with Gasteiger partial charge in [-0.05, 0) is 40.8 Å². The van der Waals surface area contributed by atoms with Crippen LogP contribution in [0.15, 0.2) is 72.8 Å². The molecule has 0 aromatic heterocycles. The molecule has 2 heteroatoms. The first-order valence-corrected chi connectivity index (χ1v) is 10.2. The van der Waals surface area contributed by atoms with E-state index in [2.05, 4.69) is 43.3 Å². The highest BCUT2D eigenvalue weighted by molar-refractivity contribution is 5.96. The first-order chi connectivity index (χ1) is 13.7. The van der Waals surface area contributed by atoms with Crippen LogP contribution in [0.3, 0.4) is 0 Å². The normalized spacial score (nSPS) is 10.6. The van der Waals surface area contributed by atoms with E-state index in [1.54, 1.807) is 0 Å². The Labute approximate surface area is 168 Å². The molecule has 3 aromatic carbocycles. The number of rotatable bonds is 9. The molecule has 0 fully saturated rings. The number of carbonyl (C=O) groups is 1. The van der Waals surface area contributed by atoms with Crippen LogP contribution in [0, 0.1) is 0 Å². The standard InChI is InChI=1S/C26H28O2/c1-3-5-6-19-28-25-17-15-23(16-18-25)21-9-7-20(8-10-21)22-11-13-24(14-12-22)26(27)4-2/h7-18H,3-6,19H2,1-2H3. The summed E-state index contributed by atoms with van der Waals surface area (Å²) in [6, 6.07) is 24.7. The fraction of sp³-hybridized carbons (Fsp3) is 0.269. The number of ether oxygens (including phenoxy) is 1. The first kappa shape index (κ1) is 19.9. The molecule has 3 aromatic rings. The van der Waals surface area contributed by atoms with Crippen molar-refractivity contribution in [2.24, 2.45) is 0 Å². The van der Waals surface area contributed by atoms with Crippen LogP contribution in [-0.4, -0.2) is 12.4 Å². The SMILES string of the molecule is CCCCCOc1ccc(-c2ccc(-c3ccc(C(=O)CC)cc3)cc2)cc1. The van der Waals surface area contributed by atoms with E-state index >= 15 is 0 Å². The summed E-state index contributed by atoms with van der Waals surface area (Å²) in [5.74, 6) is 1.11. The van der Waals surface area contributed by atoms with Gasteiger partial charge in [-0.1, -0.05) is 87.4 Å². The second-order valence-corrected chi connectivity index (χ2v) is 7.01. The third kappa shape index (κ3) is 5.10. The van der Waals surface area contributed by atoms with Crippen LogP contribution in [0.25, 0.3) is 22.3 Å². The van der Waals surface area contributed by atoms with Gasteiger partial charge < -0.3 is 4.74 Å². The molecule has 0 unspecified atom stereocenters. The lowest BCUT2D eigenvalue weighted by Crippen LogP contribution is -1.96. The Morgan fingerprint density at radius 3 is 1.61 bits per heavy atom. The molecule has 144 valence electrons. The quantitative estimate of drug-likeness (QED) is 0.294. The summed E-state index contributed by atoms with van der Waals surface area (Å²) in [5, 5.41) is 0. The summed E-state index contributed by atoms with van der Waals surface area (Å²) < 4.78 is 5.79. The van der Waals surface area contributed by atoms with Crippen LogP contribution in [0.5, 0.6) is 5.75 Å². The average molecular weight is 373 g/mol. The molecule has 0 aliphatic rings. The maximum atomic E-state index is 11.8. The van der Waals surface area contributed by atoms with Crippen molar-refractivity contribution in [1.82, 2.24) is 0 Å². The predicted molar refractivity (Wildman–Crippen MR) is 117 cm³/mol. The van der Waals surface area contributed by atoms with Crippen LogP contribution >= 0.6 is 0 Å². The van der Waals surface area contributed by atoms with Crippen LogP contribution in [0.1, 0.15) is 49.9 Å². The smallest absolute Gasteiger partial charge is 0.162 e. The van der Waals surface area contributed by atoms with Gasteiger partial charge in [-0.3, -0.25) is 4.79 Å². The zero-order valence-corrected chi connectivity index (χ0v) is 16.8. The largest absolute Gasteiger partial charge is 0.494 e. The Morgan fingerprint density at radius 2 is 1.14 bits per heavy atom. The lowest BCUT2D eigenvalue weighted by molar-refractivity contribution is 0.0988. The van der Waals surface area contributed by atoms with Crippen LogP contribution in [-0.2, 0) is 0 Å². The summed E-state index contributed by atoms with van der Waals surface area (Å²) in [6.07, 6.45) is 4.06. The fourth-order valence-corrected chi connectivity index (χ4v) is 3.19. The van der Waals surface area contributed by atoms with Gasteiger partial charge in [0.2, 0.25) is 0 Å². The number of hydrogen-bond acceptors (Lipinski definition) is 2. The van der Waals surface area contributed by atoms with E-state index in [0.717, 1.165) is 35.5 Å². The zero-order chi connectivity index (χ0) is 19.8. The minimum Gasteiger partial charge on any atom is -0.494 e. The van der Waals surface area contributed by atoms with Crippen molar-refractivity contribution in [3.63, 3.8) is 0 Å². The summed E-state index contributed by atoms with van der Waals surface area (Å²) in [7, 11) is 0. The van der Waals surface area contributed by atoms with Gasteiger partial charge in [-0.15, -0.1) is 0 Å². The highest BCUT2D eigenvalue weighted by Gasteiger charge is 2.05. The lowest BCUT2D eigenvalue weighted by Gasteiger charge is -2.08. The molecule has 0 spiro atoms. The molecule has 2 nitrogen and oxygen atoms in total. The van der Waals surface area contributed by atoms with E-state index in [9.17, 15) is 4.79 Å². The first-order valence-electron chi connectivity index (χ1n) is 10.2. The highest BCUT2D eigenvalue weighted by Crippen LogP contribution is 2.26. The minimum absolute atomic E-state index is 0.180. The van der Waals surface area contributed by atoms with Crippen LogP contribution < -0.4 is 4.74 Å². The maximum Gasteiger partial charge on any atom is 0.162 e. The van der Waals surface area contributed by atoms with Crippen LogP contribution in [0.4, 0.5) is 0 Å². The van der Waals surface area contributed by atoms with E-state index in [1.807, 2.05) is 43.3 Å². The van der Waals surface area contributed by atoms with Crippen molar-refractivity contribution in [2.45, 2.75) is 39.5 Å². The van der Waals surface area contributed by atoms with E-state index in [4.69, 9.17) is 4.74 Å². The Bertz CT molecular complexity index is 875. The van der Waals surface area contributed by atoms with E-state index in [-0.39, 0.29) is 5.78 Å². The van der Waals surface area contributed by atoms with Gasteiger partial charge in [0.05, 0.1) is 6.61 Å². The molecule has 28 heavy (non-hydrogen) atoms. The Morgan fingerprint density at radius 1 is 0.679 bits per heavy atom. The Balaban J connectivity index is 1.66. The van der Waals surface area contributed by atoms with Gasteiger partial charge >= 0.3 is 0 Å².